The van der Waals surface area contributed by atoms with Gasteiger partial charge >= 0.3 is 6.09 Å². The van der Waals surface area contributed by atoms with Gasteiger partial charge in [-0.25, -0.2) is 4.79 Å². The molecule has 82 valence electrons. The molecule has 1 aromatic carbocycles. The van der Waals surface area contributed by atoms with E-state index in [4.69, 9.17) is 5.11 Å². The first-order chi connectivity index (χ1) is 7.09. The Bertz CT molecular complexity index is 311. The third-order valence-electron chi connectivity index (χ3n) is 2.19. The molecule has 1 aromatic rings. The fraction of sp³-hybridized carbons (Fsp3) is 0.364. The Labute approximate surface area is 88.6 Å². The molecule has 0 radical (unpaired) electrons. The number of benzene rings is 1. The van der Waals surface area contributed by atoms with Crippen LogP contribution in [-0.4, -0.2) is 28.5 Å². The van der Waals surface area contributed by atoms with Gasteiger partial charge in [0.15, 0.2) is 0 Å². The first kappa shape index (κ1) is 11.5. The molecular weight excluding hydrogens is 194 g/mol. The van der Waals surface area contributed by atoms with Crippen LogP contribution in [-0.2, 0) is 6.42 Å². The van der Waals surface area contributed by atoms with E-state index >= 15 is 0 Å². The summed E-state index contributed by atoms with van der Waals surface area (Å²) in [7, 11) is 0. The van der Waals surface area contributed by atoms with Crippen LogP contribution in [0.15, 0.2) is 30.3 Å². The third-order valence-corrected chi connectivity index (χ3v) is 2.19. The number of nitrogens with one attached hydrogen (secondary N) is 1. The molecule has 0 bridgehead atoms. The number of aliphatic hydroxyl groups excluding tert-OH is 1. The van der Waals surface area contributed by atoms with Crippen LogP contribution in [0.3, 0.4) is 0 Å². The van der Waals surface area contributed by atoms with Crippen LogP contribution in [0.4, 0.5) is 4.79 Å². The molecule has 0 aliphatic carbocycles. The Morgan fingerprint density at radius 1 is 1.40 bits per heavy atom. The van der Waals surface area contributed by atoms with E-state index in [2.05, 4.69) is 5.32 Å². The van der Waals surface area contributed by atoms with Crippen LogP contribution < -0.4 is 5.32 Å². The SMILES string of the molecule is C[C@H](O)[C@H](Cc1ccccc1)NC(=O)O. The zero-order valence-electron chi connectivity index (χ0n) is 8.55. The van der Waals surface area contributed by atoms with Gasteiger partial charge in [0, 0.05) is 0 Å². The molecular formula is C11H15NO3. The molecule has 1 amide bonds. The molecule has 0 fully saturated rings. The highest BCUT2D eigenvalue weighted by atomic mass is 16.4. The number of carbonyl (C=O) groups is 1. The van der Waals surface area contributed by atoms with Crippen LogP contribution in [0.1, 0.15) is 12.5 Å². The second-order valence-corrected chi connectivity index (χ2v) is 3.49. The topological polar surface area (TPSA) is 69.6 Å². The predicted molar refractivity (Wildman–Crippen MR) is 56.8 cm³/mol. The maximum Gasteiger partial charge on any atom is 0.404 e. The molecule has 2 atom stereocenters. The lowest BCUT2D eigenvalue weighted by molar-refractivity contribution is 0.133. The summed E-state index contributed by atoms with van der Waals surface area (Å²) in [4.78, 5) is 10.5. The second kappa shape index (κ2) is 5.36. The van der Waals surface area contributed by atoms with Crippen molar-refractivity contribution in [2.45, 2.75) is 25.5 Å². The van der Waals surface area contributed by atoms with Gasteiger partial charge in [0.05, 0.1) is 12.1 Å². The number of amides is 1. The fourth-order valence-electron chi connectivity index (χ4n) is 1.37. The van der Waals surface area contributed by atoms with E-state index in [1.807, 2.05) is 30.3 Å². The van der Waals surface area contributed by atoms with Gasteiger partial charge in [0.2, 0.25) is 0 Å². The molecule has 4 nitrogen and oxygen atoms in total. The summed E-state index contributed by atoms with van der Waals surface area (Å²) in [5.41, 5.74) is 0.997. The molecule has 4 heteroatoms. The molecule has 15 heavy (non-hydrogen) atoms. The summed E-state index contributed by atoms with van der Waals surface area (Å²) in [6.07, 6.45) is -1.33. The quantitative estimate of drug-likeness (QED) is 0.699. The zero-order chi connectivity index (χ0) is 11.3. The standard InChI is InChI=1S/C11H15NO3/c1-8(13)10(12-11(14)15)7-9-5-3-2-4-6-9/h2-6,8,10,12-13H,7H2,1H3,(H,14,15)/t8-,10-/m0/s1. The minimum atomic E-state index is -1.11. The lowest BCUT2D eigenvalue weighted by Crippen LogP contribution is -2.42. The van der Waals surface area contributed by atoms with E-state index in [1.165, 1.54) is 0 Å². The maximum atomic E-state index is 10.5. The largest absolute Gasteiger partial charge is 0.465 e. The van der Waals surface area contributed by atoms with Crippen molar-refractivity contribution >= 4 is 6.09 Å². The highest BCUT2D eigenvalue weighted by Gasteiger charge is 2.17. The van der Waals surface area contributed by atoms with Crippen molar-refractivity contribution < 1.29 is 15.0 Å². The second-order valence-electron chi connectivity index (χ2n) is 3.49. The van der Waals surface area contributed by atoms with E-state index in [9.17, 15) is 9.90 Å². The normalized spacial score (nSPS) is 14.3. The van der Waals surface area contributed by atoms with Gasteiger partial charge in [0.1, 0.15) is 0 Å². The fourth-order valence-corrected chi connectivity index (χ4v) is 1.37. The van der Waals surface area contributed by atoms with Crippen LogP contribution in [0.5, 0.6) is 0 Å². The minimum absolute atomic E-state index is 0.468. The highest BCUT2D eigenvalue weighted by molar-refractivity contribution is 5.65. The van der Waals surface area contributed by atoms with Crippen molar-refractivity contribution in [1.29, 1.82) is 0 Å². The molecule has 1 rings (SSSR count). The molecule has 0 heterocycles. The van der Waals surface area contributed by atoms with Crippen molar-refractivity contribution in [3.8, 4) is 0 Å². The van der Waals surface area contributed by atoms with Crippen LogP contribution in [0.25, 0.3) is 0 Å². The smallest absolute Gasteiger partial charge is 0.404 e. The molecule has 0 spiro atoms. The van der Waals surface area contributed by atoms with Crippen LogP contribution in [0.2, 0.25) is 0 Å². The number of hydrogen-bond acceptors (Lipinski definition) is 2. The Morgan fingerprint density at radius 2 is 2.00 bits per heavy atom. The van der Waals surface area contributed by atoms with Gasteiger partial charge in [-0.15, -0.1) is 0 Å². The molecule has 0 aliphatic rings. The molecule has 0 aromatic heterocycles. The van der Waals surface area contributed by atoms with Crippen molar-refractivity contribution in [3.05, 3.63) is 35.9 Å². The number of hydrogen-bond donors (Lipinski definition) is 3. The average molecular weight is 209 g/mol. The molecule has 0 saturated heterocycles. The average Bonchev–Trinajstić information content (AvgIpc) is 2.17. The van der Waals surface area contributed by atoms with Gasteiger partial charge < -0.3 is 15.5 Å². The molecule has 0 aliphatic heterocycles. The summed E-state index contributed by atoms with van der Waals surface area (Å²) < 4.78 is 0. The summed E-state index contributed by atoms with van der Waals surface area (Å²) in [6, 6.07) is 9.00. The molecule has 3 N–H and O–H groups in total. The van der Waals surface area contributed by atoms with E-state index in [0.29, 0.717) is 6.42 Å². The Hall–Kier alpha value is -1.55. The molecule has 0 unspecified atom stereocenters. The minimum Gasteiger partial charge on any atom is -0.465 e. The Kier molecular flexibility index (Phi) is 4.12. The van der Waals surface area contributed by atoms with Gasteiger partial charge in [-0.1, -0.05) is 30.3 Å². The zero-order valence-corrected chi connectivity index (χ0v) is 8.55. The molecule has 0 saturated carbocycles. The van der Waals surface area contributed by atoms with Crippen molar-refractivity contribution in [3.63, 3.8) is 0 Å². The maximum absolute atomic E-state index is 10.5. The van der Waals surface area contributed by atoms with Crippen LogP contribution >= 0.6 is 0 Å². The summed E-state index contributed by atoms with van der Waals surface area (Å²) in [6.45, 7) is 1.57. The summed E-state index contributed by atoms with van der Waals surface area (Å²) in [5, 5.41) is 20.3. The lowest BCUT2D eigenvalue weighted by Gasteiger charge is -2.19. The van der Waals surface area contributed by atoms with Crippen molar-refractivity contribution in [2.75, 3.05) is 0 Å². The predicted octanol–water partition coefficient (Wildman–Crippen LogP) is 1.25. The van der Waals surface area contributed by atoms with E-state index in [1.54, 1.807) is 6.92 Å². The van der Waals surface area contributed by atoms with E-state index in [-0.39, 0.29) is 0 Å². The van der Waals surface area contributed by atoms with Gasteiger partial charge in [-0.3, -0.25) is 0 Å². The lowest BCUT2D eigenvalue weighted by atomic mass is 10.0. The Morgan fingerprint density at radius 3 is 2.47 bits per heavy atom. The summed E-state index contributed by atoms with van der Waals surface area (Å²) >= 11 is 0. The monoisotopic (exact) mass is 209 g/mol. The first-order valence-corrected chi connectivity index (χ1v) is 4.81. The van der Waals surface area contributed by atoms with Gasteiger partial charge in [0.25, 0.3) is 0 Å². The number of rotatable bonds is 4. The van der Waals surface area contributed by atoms with Crippen molar-refractivity contribution in [2.24, 2.45) is 0 Å². The van der Waals surface area contributed by atoms with Gasteiger partial charge in [-0.05, 0) is 18.9 Å². The van der Waals surface area contributed by atoms with Crippen molar-refractivity contribution in [1.82, 2.24) is 5.32 Å². The summed E-state index contributed by atoms with van der Waals surface area (Å²) in [5.74, 6) is 0. The third kappa shape index (κ3) is 3.99. The number of aliphatic hydroxyl groups is 1. The Balaban J connectivity index is 2.63. The highest BCUT2D eigenvalue weighted by Crippen LogP contribution is 2.05. The van der Waals surface area contributed by atoms with E-state index < -0.39 is 18.2 Å². The van der Waals surface area contributed by atoms with Crippen LogP contribution in [0, 0.1) is 0 Å². The van der Waals surface area contributed by atoms with E-state index in [0.717, 1.165) is 5.56 Å². The van der Waals surface area contributed by atoms with Gasteiger partial charge in [-0.2, -0.15) is 0 Å². The number of carboxylic acid groups (broad SMARTS) is 1. The first-order valence-electron chi connectivity index (χ1n) is 4.81.